The Morgan fingerprint density at radius 3 is 2.51 bits per heavy atom. The third kappa shape index (κ3) is 5.98. The molecule has 0 amide bonds. The zero-order valence-corrected chi connectivity index (χ0v) is 22.4. The van der Waals surface area contributed by atoms with Crippen molar-refractivity contribution in [2.24, 2.45) is 0 Å². The molecule has 12 heteroatoms. The van der Waals surface area contributed by atoms with Crippen molar-refractivity contribution in [1.29, 1.82) is 0 Å². The van der Waals surface area contributed by atoms with Crippen molar-refractivity contribution < 1.29 is 22.7 Å². The molecule has 0 radical (unpaired) electrons. The number of esters is 1. The van der Waals surface area contributed by atoms with Gasteiger partial charge in [0.25, 0.3) is 10.0 Å². The maximum absolute atomic E-state index is 13.7. The third-order valence-electron chi connectivity index (χ3n) is 5.50. The third-order valence-corrected chi connectivity index (χ3v) is 7.69. The maximum atomic E-state index is 13.7. The van der Waals surface area contributed by atoms with Crippen LogP contribution in [0.1, 0.15) is 19.8 Å². The number of aromatic nitrogens is 3. The Morgan fingerprint density at radius 2 is 1.81 bits per heavy atom. The summed E-state index contributed by atoms with van der Waals surface area (Å²) >= 11 is 12.2. The zero-order chi connectivity index (χ0) is 26.6. The van der Waals surface area contributed by atoms with Crippen LogP contribution < -0.4 is 9.04 Å². The van der Waals surface area contributed by atoms with Crippen LogP contribution in [0.4, 0.5) is 5.69 Å². The molecule has 0 saturated heterocycles. The Kier molecular flexibility index (Phi) is 8.21. The van der Waals surface area contributed by atoms with Crippen LogP contribution in [0, 0.1) is 0 Å². The summed E-state index contributed by atoms with van der Waals surface area (Å²) in [6.45, 7) is 1.65. The van der Waals surface area contributed by atoms with E-state index < -0.39 is 22.5 Å². The molecule has 2 aromatic heterocycles. The highest BCUT2D eigenvalue weighted by Gasteiger charge is 2.29. The first-order valence-electron chi connectivity index (χ1n) is 11.3. The maximum Gasteiger partial charge on any atom is 0.326 e. The van der Waals surface area contributed by atoms with Crippen LogP contribution in [-0.4, -0.2) is 49.2 Å². The Hall–Kier alpha value is -3.34. The second-order valence-corrected chi connectivity index (χ2v) is 10.8. The van der Waals surface area contributed by atoms with Gasteiger partial charge in [0.2, 0.25) is 5.88 Å². The van der Waals surface area contributed by atoms with Gasteiger partial charge in [-0.3, -0.25) is 9.10 Å². The average molecular weight is 563 g/mol. The number of halogens is 2. The molecule has 0 spiro atoms. The molecule has 9 nitrogen and oxygen atoms in total. The molecule has 0 unspecified atom stereocenters. The van der Waals surface area contributed by atoms with Crippen LogP contribution in [0.3, 0.4) is 0 Å². The van der Waals surface area contributed by atoms with Gasteiger partial charge in [-0.25, -0.2) is 18.4 Å². The molecule has 0 saturated carbocycles. The topological polar surface area (TPSA) is 104 Å². The minimum absolute atomic E-state index is 0.142. The lowest BCUT2D eigenvalue weighted by molar-refractivity contribution is -0.141. The van der Waals surface area contributed by atoms with E-state index in [0.29, 0.717) is 18.1 Å². The quantitative estimate of drug-likeness (QED) is 0.191. The molecule has 37 heavy (non-hydrogen) atoms. The fraction of sp³-hybridized carbons (Fsp3) is 0.240. The van der Waals surface area contributed by atoms with Gasteiger partial charge in [0.05, 0.1) is 29.8 Å². The highest BCUT2D eigenvalue weighted by molar-refractivity contribution is 7.92. The molecule has 2 aromatic carbocycles. The van der Waals surface area contributed by atoms with E-state index in [2.05, 4.69) is 9.97 Å². The molecule has 0 aliphatic carbocycles. The number of rotatable bonds is 10. The summed E-state index contributed by atoms with van der Waals surface area (Å²) in [5, 5.41) is 1.03. The van der Waals surface area contributed by atoms with Crippen molar-refractivity contribution in [3.63, 3.8) is 0 Å². The molecule has 0 fully saturated rings. The predicted octanol–water partition coefficient (Wildman–Crippen LogP) is 5.27. The van der Waals surface area contributed by atoms with E-state index in [9.17, 15) is 13.2 Å². The van der Waals surface area contributed by atoms with Crippen LogP contribution in [-0.2, 0) is 19.6 Å². The van der Waals surface area contributed by atoms with E-state index in [1.165, 1.54) is 31.6 Å². The summed E-state index contributed by atoms with van der Waals surface area (Å²) in [5.74, 6) is 0.311. The minimum atomic E-state index is -4.23. The van der Waals surface area contributed by atoms with E-state index >= 15 is 0 Å². The Balaban J connectivity index is 1.76. The van der Waals surface area contributed by atoms with Crippen LogP contribution >= 0.6 is 23.2 Å². The number of carbonyl (C=O) groups is 1. The summed E-state index contributed by atoms with van der Waals surface area (Å²) < 4.78 is 40.7. The van der Waals surface area contributed by atoms with Crippen molar-refractivity contribution in [2.75, 3.05) is 24.6 Å². The molecule has 0 aliphatic rings. The van der Waals surface area contributed by atoms with Gasteiger partial charge in [0.1, 0.15) is 18.7 Å². The van der Waals surface area contributed by atoms with E-state index in [1.54, 1.807) is 30.5 Å². The van der Waals surface area contributed by atoms with E-state index in [1.807, 2.05) is 17.6 Å². The van der Waals surface area contributed by atoms with Gasteiger partial charge >= 0.3 is 5.97 Å². The molecule has 0 aliphatic heterocycles. The fourth-order valence-electron chi connectivity index (χ4n) is 3.67. The number of unbranched alkanes of at least 4 members (excludes halogenated alkanes) is 1. The van der Waals surface area contributed by atoms with Gasteiger partial charge in [0.15, 0.2) is 0 Å². The number of sulfonamides is 1. The Morgan fingerprint density at radius 1 is 1.05 bits per heavy atom. The normalized spacial score (nSPS) is 11.5. The van der Waals surface area contributed by atoms with Crippen molar-refractivity contribution in [3.8, 4) is 11.7 Å². The van der Waals surface area contributed by atoms with Gasteiger partial charge < -0.3 is 14.0 Å². The summed E-state index contributed by atoms with van der Waals surface area (Å²) in [7, 11) is -2.71. The highest BCUT2D eigenvalue weighted by atomic mass is 35.5. The SMILES string of the molecule is CCCCOC(=O)CN(c1ccc2c(ccn2-c2cc(OC)ncn2)c1)S(=O)(=O)c1cc(Cl)cc(Cl)c1. The van der Waals surface area contributed by atoms with Crippen LogP contribution in [0.2, 0.25) is 10.0 Å². The van der Waals surface area contributed by atoms with E-state index in [0.717, 1.165) is 21.6 Å². The molecule has 0 bridgehead atoms. The molecular weight excluding hydrogens is 539 g/mol. The number of anilines is 1. The largest absolute Gasteiger partial charge is 0.481 e. The van der Waals surface area contributed by atoms with Crippen molar-refractivity contribution >= 4 is 55.8 Å². The van der Waals surface area contributed by atoms with Crippen molar-refractivity contribution in [3.05, 3.63) is 71.1 Å². The number of nitrogens with zero attached hydrogens (tertiary/aromatic N) is 4. The first kappa shape index (κ1) is 26.7. The van der Waals surface area contributed by atoms with Gasteiger partial charge in [-0.15, -0.1) is 0 Å². The van der Waals surface area contributed by atoms with Crippen LogP contribution in [0.25, 0.3) is 16.7 Å². The number of fused-ring (bicyclic) bond motifs is 1. The van der Waals surface area contributed by atoms with Gasteiger partial charge in [-0.1, -0.05) is 36.5 Å². The summed E-state index contributed by atoms with van der Waals surface area (Å²) in [4.78, 5) is 20.8. The van der Waals surface area contributed by atoms with Crippen molar-refractivity contribution in [2.45, 2.75) is 24.7 Å². The highest BCUT2D eigenvalue weighted by Crippen LogP contribution is 2.31. The van der Waals surface area contributed by atoms with E-state index in [4.69, 9.17) is 32.7 Å². The summed E-state index contributed by atoms with van der Waals surface area (Å²) in [5.41, 5.74) is 1.03. The number of benzene rings is 2. The summed E-state index contributed by atoms with van der Waals surface area (Å²) in [6, 6.07) is 12.5. The second kappa shape index (κ2) is 11.4. The second-order valence-electron chi connectivity index (χ2n) is 8.04. The lowest BCUT2D eigenvalue weighted by Crippen LogP contribution is -2.36. The average Bonchev–Trinajstić information content (AvgIpc) is 3.30. The number of carbonyl (C=O) groups excluding carboxylic acids is 1. The zero-order valence-electron chi connectivity index (χ0n) is 20.1. The number of ether oxygens (including phenoxy) is 2. The molecule has 194 valence electrons. The predicted molar refractivity (Wildman–Crippen MR) is 142 cm³/mol. The standard InChI is InChI=1S/C25H24Cl2N4O5S/c1-3-4-9-36-25(32)15-31(37(33,34)21-12-18(26)11-19(27)13-21)20-5-6-22-17(10-20)7-8-30(22)23-14-24(35-2)29-16-28-23/h5-8,10-14,16H,3-4,9,15H2,1-2H3. The molecule has 0 N–H and O–H groups in total. The number of hydrogen-bond donors (Lipinski definition) is 0. The van der Waals surface area contributed by atoms with E-state index in [-0.39, 0.29) is 27.2 Å². The van der Waals surface area contributed by atoms with Crippen LogP contribution in [0.5, 0.6) is 5.88 Å². The number of methoxy groups -OCH3 is 1. The minimum Gasteiger partial charge on any atom is -0.481 e. The van der Waals surface area contributed by atoms with Crippen LogP contribution in [0.15, 0.2) is 66.0 Å². The fourth-order valence-corrected chi connectivity index (χ4v) is 5.80. The number of hydrogen-bond acceptors (Lipinski definition) is 7. The van der Waals surface area contributed by atoms with Crippen molar-refractivity contribution in [1.82, 2.24) is 14.5 Å². The molecule has 2 heterocycles. The smallest absolute Gasteiger partial charge is 0.326 e. The lowest BCUT2D eigenvalue weighted by Gasteiger charge is -2.24. The molecule has 4 rings (SSSR count). The lowest BCUT2D eigenvalue weighted by atomic mass is 10.2. The molecular formula is C25H24Cl2N4O5S. The summed E-state index contributed by atoms with van der Waals surface area (Å²) in [6.07, 6.45) is 4.70. The van der Waals surface area contributed by atoms with Gasteiger partial charge in [-0.05, 0) is 48.9 Å². The molecule has 0 atom stereocenters. The molecule has 4 aromatic rings. The van der Waals surface area contributed by atoms with Gasteiger partial charge in [-0.2, -0.15) is 0 Å². The first-order chi connectivity index (χ1) is 17.7. The Bertz CT molecular complexity index is 1520. The first-order valence-corrected chi connectivity index (χ1v) is 13.5. The monoisotopic (exact) mass is 562 g/mol. The van der Waals surface area contributed by atoms with Gasteiger partial charge in [0, 0.05) is 27.7 Å². The Labute approximate surface area is 224 Å².